The maximum Gasteiger partial charge on any atom is 0.252 e. The maximum absolute atomic E-state index is 12.3. The second kappa shape index (κ2) is 6.65. The van der Waals surface area contributed by atoms with E-state index in [0.717, 1.165) is 43.8 Å². The quantitative estimate of drug-likeness (QED) is 0.920. The highest BCUT2D eigenvalue weighted by Crippen LogP contribution is 2.15. The molecule has 1 amide bonds. The van der Waals surface area contributed by atoms with E-state index in [1.165, 1.54) is 0 Å². The number of hydrogen-bond acceptors (Lipinski definition) is 4. The molecule has 0 bridgehead atoms. The molecule has 1 aromatic heterocycles. The molecule has 110 valence electrons. The highest BCUT2D eigenvalue weighted by Gasteiger charge is 2.12. The van der Waals surface area contributed by atoms with E-state index in [9.17, 15) is 4.79 Å². The van der Waals surface area contributed by atoms with E-state index >= 15 is 0 Å². The van der Waals surface area contributed by atoms with Crippen LogP contribution in [-0.4, -0.2) is 55.2 Å². The van der Waals surface area contributed by atoms with Crippen molar-refractivity contribution in [1.82, 2.24) is 15.2 Å². The molecule has 1 aliphatic rings. The average Bonchev–Trinajstić information content (AvgIpc) is 2.55. The van der Waals surface area contributed by atoms with Gasteiger partial charge in [-0.05, 0) is 12.1 Å². The van der Waals surface area contributed by atoms with Crippen LogP contribution in [0, 0.1) is 0 Å². The summed E-state index contributed by atoms with van der Waals surface area (Å²) in [5.74, 6) is -0.0399. The number of amides is 1. The molecule has 1 aromatic carbocycles. The number of hydrogen-bond donors (Lipinski definition) is 1. The number of ether oxygens (including phenoxy) is 1. The van der Waals surface area contributed by atoms with Crippen molar-refractivity contribution in [2.45, 2.75) is 0 Å². The number of benzene rings is 1. The number of morpholine rings is 1. The molecule has 0 aliphatic carbocycles. The summed E-state index contributed by atoms with van der Waals surface area (Å²) in [4.78, 5) is 18.9. The molecule has 5 heteroatoms. The van der Waals surface area contributed by atoms with Crippen LogP contribution >= 0.6 is 0 Å². The van der Waals surface area contributed by atoms with Crippen LogP contribution < -0.4 is 5.32 Å². The first-order chi connectivity index (χ1) is 10.3. The van der Waals surface area contributed by atoms with Crippen molar-refractivity contribution >= 4 is 16.8 Å². The summed E-state index contributed by atoms with van der Waals surface area (Å²) in [5.41, 5.74) is 1.53. The van der Waals surface area contributed by atoms with Crippen molar-refractivity contribution in [3.8, 4) is 0 Å². The van der Waals surface area contributed by atoms with Crippen LogP contribution in [0.3, 0.4) is 0 Å². The molecule has 5 nitrogen and oxygen atoms in total. The molecule has 1 aliphatic heterocycles. The Morgan fingerprint density at radius 1 is 1.24 bits per heavy atom. The predicted octanol–water partition coefficient (Wildman–Crippen LogP) is 1.30. The minimum Gasteiger partial charge on any atom is -0.379 e. The minimum absolute atomic E-state index is 0.0399. The smallest absolute Gasteiger partial charge is 0.252 e. The molecule has 0 spiro atoms. The van der Waals surface area contributed by atoms with Crippen LogP contribution in [0.5, 0.6) is 0 Å². The zero-order valence-electron chi connectivity index (χ0n) is 11.9. The van der Waals surface area contributed by atoms with Crippen LogP contribution in [0.4, 0.5) is 0 Å². The van der Waals surface area contributed by atoms with E-state index in [1.807, 2.05) is 24.3 Å². The lowest BCUT2D eigenvalue weighted by atomic mass is 10.1. The second-order valence-corrected chi connectivity index (χ2v) is 5.09. The van der Waals surface area contributed by atoms with Crippen molar-refractivity contribution in [1.29, 1.82) is 0 Å². The standard InChI is InChI=1S/C16H19N3O2/c20-16(18-7-8-19-9-11-21-12-10-19)14-5-6-17-15-4-2-1-3-13(14)15/h1-6H,7-12H2,(H,18,20). The lowest BCUT2D eigenvalue weighted by Gasteiger charge is -2.26. The van der Waals surface area contributed by atoms with Gasteiger partial charge in [0.15, 0.2) is 0 Å². The Kier molecular flexibility index (Phi) is 4.43. The molecule has 0 unspecified atom stereocenters. The Balaban J connectivity index is 1.61. The fourth-order valence-electron chi connectivity index (χ4n) is 2.54. The van der Waals surface area contributed by atoms with Crippen LogP contribution in [0.25, 0.3) is 10.9 Å². The van der Waals surface area contributed by atoms with Gasteiger partial charge in [-0.15, -0.1) is 0 Å². The summed E-state index contributed by atoms with van der Waals surface area (Å²) in [7, 11) is 0. The molecular weight excluding hydrogens is 266 g/mol. The first-order valence-electron chi connectivity index (χ1n) is 7.26. The highest BCUT2D eigenvalue weighted by atomic mass is 16.5. The van der Waals surface area contributed by atoms with Crippen molar-refractivity contribution in [2.24, 2.45) is 0 Å². The molecule has 0 saturated carbocycles. The minimum atomic E-state index is -0.0399. The van der Waals surface area contributed by atoms with E-state index in [4.69, 9.17) is 4.74 Å². The Bertz CT molecular complexity index is 618. The van der Waals surface area contributed by atoms with Gasteiger partial charge >= 0.3 is 0 Å². The van der Waals surface area contributed by atoms with E-state index in [2.05, 4.69) is 15.2 Å². The Morgan fingerprint density at radius 2 is 2.05 bits per heavy atom. The zero-order valence-corrected chi connectivity index (χ0v) is 11.9. The van der Waals surface area contributed by atoms with Gasteiger partial charge in [0.25, 0.3) is 5.91 Å². The largest absolute Gasteiger partial charge is 0.379 e. The third-order valence-corrected chi connectivity index (χ3v) is 3.71. The molecule has 3 rings (SSSR count). The molecular formula is C16H19N3O2. The van der Waals surface area contributed by atoms with Gasteiger partial charge in [0.2, 0.25) is 0 Å². The number of para-hydroxylation sites is 1. The summed E-state index contributed by atoms with van der Waals surface area (Å²) < 4.78 is 5.31. The van der Waals surface area contributed by atoms with Crippen molar-refractivity contribution in [2.75, 3.05) is 39.4 Å². The van der Waals surface area contributed by atoms with Gasteiger partial charge in [-0.3, -0.25) is 14.7 Å². The number of rotatable bonds is 4. The fourth-order valence-corrected chi connectivity index (χ4v) is 2.54. The Hall–Kier alpha value is -1.98. The molecule has 2 heterocycles. The summed E-state index contributed by atoms with van der Waals surface area (Å²) in [6.07, 6.45) is 1.68. The van der Waals surface area contributed by atoms with Gasteiger partial charge in [-0.1, -0.05) is 18.2 Å². The summed E-state index contributed by atoms with van der Waals surface area (Å²) in [6.45, 7) is 4.95. The lowest BCUT2D eigenvalue weighted by Crippen LogP contribution is -2.41. The molecule has 2 aromatic rings. The second-order valence-electron chi connectivity index (χ2n) is 5.09. The maximum atomic E-state index is 12.3. The number of nitrogens with one attached hydrogen (secondary N) is 1. The topological polar surface area (TPSA) is 54.5 Å². The number of fused-ring (bicyclic) bond motifs is 1. The average molecular weight is 285 g/mol. The number of carbonyl (C=O) groups excluding carboxylic acids is 1. The Morgan fingerprint density at radius 3 is 2.90 bits per heavy atom. The Labute approximate surface area is 123 Å². The summed E-state index contributed by atoms with van der Waals surface area (Å²) in [5, 5.41) is 3.88. The molecule has 0 atom stereocenters. The molecule has 0 radical (unpaired) electrons. The van der Waals surface area contributed by atoms with Gasteiger partial charge in [0.1, 0.15) is 0 Å². The lowest BCUT2D eigenvalue weighted by molar-refractivity contribution is 0.0383. The van der Waals surface area contributed by atoms with Gasteiger partial charge in [0, 0.05) is 37.8 Å². The van der Waals surface area contributed by atoms with Crippen molar-refractivity contribution < 1.29 is 9.53 Å². The van der Waals surface area contributed by atoms with Crippen molar-refractivity contribution in [3.05, 3.63) is 42.1 Å². The van der Waals surface area contributed by atoms with Gasteiger partial charge in [-0.2, -0.15) is 0 Å². The normalized spacial score (nSPS) is 16.0. The van der Waals surface area contributed by atoms with E-state index < -0.39 is 0 Å². The molecule has 1 N–H and O–H groups in total. The SMILES string of the molecule is O=C(NCCN1CCOCC1)c1ccnc2ccccc12. The van der Waals surface area contributed by atoms with Crippen LogP contribution in [0.1, 0.15) is 10.4 Å². The number of carbonyl (C=O) groups is 1. The first kappa shape index (κ1) is 14.0. The van der Waals surface area contributed by atoms with Crippen LogP contribution in [0.2, 0.25) is 0 Å². The van der Waals surface area contributed by atoms with E-state index in [0.29, 0.717) is 12.1 Å². The fraction of sp³-hybridized carbons (Fsp3) is 0.375. The predicted molar refractivity (Wildman–Crippen MR) is 81.3 cm³/mol. The monoisotopic (exact) mass is 285 g/mol. The van der Waals surface area contributed by atoms with E-state index in [1.54, 1.807) is 12.3 Å². The van der Waals surface area contributed by atoms with Gasteiger partial charge in [0.05, 0.1) is 24.3 Å². The molecule has 21 heavy (non-hydrogen) atoms. The summed E-state index contributed by atoms with van der Waals surface area (Å²) in [6, 6.07) is 9.47. The highest BCUT2D eigenvalue weighted by molar-refractivity contribution is 6.05. The van der Waals surface area contributed by atoms with Gasteiger partial charge < -0.3 is 10.1 Å². The third-order valence-electron chi connectivity index (χ3n) is 3.71. The number of aromatic nitrogens is 1. The molecule has 1 saturated heterocycles. The van der Waals surface area contributed by atoms with Crippen LogP contribution in [0.15, 0.2) is 36.5 Å². The first-order valence-corrected chi connectivity index (χ1v) is 7.26. The zero-order chi connectivity index (χ0) is 14.5. The number of nitrogens with zero attached hydrogens (tertiary/aromatic N) is 2. The molecule has 1 fully saturated rings. The van der Waals surface area contributed by atoms with E-state index in [-0.39, 0.29) is 5.91 Å². The third kappa shape index (κ3) is 3.37. The van der Waals surface area contributed by atoms with Crippen LogP contribution in [-0.2, 0) is 4.74 Å². The van der Waals surface area contributed by atoms with Gasteiger partial charge in [-0.25, -0.2) is 0 Å². The van der Waals surface area contributed by atoms with Crippen molar-refractivity contribution in [3.63, 3.8) is 0 Å². The summed E-state index contributed by atoms with van der Waals surface area (Å²) >= 11 is 0. The number of pyridine rings is 1.